The minimum atomic E-state index is -4.61. The molecule has 0 radical (unpaired) electrons. The predicted molar refractivity (Wildman–Crippen MR) is 82.6 cm³/mol. The van der Waals surface area contributed by atoms with E-state index in [0.717, 1.165) is 0 Å². The fourth-order valence-corrected chi connectivity index (χ4v) is 2.44. The van der Waals surface area contributed by atoms with Crippen LogP contribution in [0.1, 0.15) is 5.56 Å². The third-order valence-electron chi connectivity index (χ3n) is 3.64. The maximum Gasteiger partial charge on any atom is 0.432 e. The summed E-state index contributed by atoms with van der Waals surface area (Å²) in [5.41, 5.74) is -1.36. The van der Waals surface area contributed by atoms with E-state index in [0.29, 0.717) is 17.7 Å². The van der Waals surface area contributed by atoms with Crippen LogP contribution in [0.3, 0.4) is 0 Å². The molecule has 0 amide bonds. The van der Waals surface area contributed by atoms with Crippen LogP contribution in [0.25, 0.3) is 11.1 Å². The zero-order valence-corrected chi connectivity index (χ0v) is 13.3. The number of ether oxygens (including phenoxy) is 1. The van der Waals surface area contributed by atoms with Crippen molar-refractivity contribution in [3.63, 3.8) is 0 Å². The Hall–Kier alpha value is -3.03. The molecule has 0 unspecified atom stereocenters. The van der Waals surface area contributed by atoms with Gasteiger partial charge in [-0.2, -0.15) is 8.78 Å². The molecule has 3 aromatic carbocycles. The molecule has 0 spiro atoms. The molecule has 0 saturated heterocycles. The average Bonchev–Trinajstić information content (AvgIpc) is 2.59. The molecule has 0 fully saturated rings. The van der Waals surface area contributed by atoms with E-state index in [1.54, 1.807) is 18.2 Å². The van der Waals surface area contributed by atoms with Crippen LogP contribution < -0.4 is 4.74 Å². The van der Waals surface area contributed by atoms with Gasteiger partial charge in [0, 0.05) is 12.1 Å². The van der Waals surface area contributed by atoms with Crippen LogP contribution in [0.5, 0.6) is 5.75 Å². The normalized spacial score (nSPS) is 11.5. The second-order valence-electron chi connectivity index (χ2n) is 5.50. The molecule has 0 atom stereocenters. The van der Waals surface area contributed by atoms with Crippen molar-refractivity contribution < 1.29 is 35.5 Å². The molecular weight excluding hydrogens is 377 g/mol. The first-order chi connectivity index (χ1) is 12.7. The van der Waals surface area contributed by atoms with Gasteiger partial charge in [0.25, 0.3) is 0 Å². The van der Waals surface area contributed by atoms with Gasteiger partial charge in [-0.15, -0.1) is 0 Å². The van der Waals surface area contributed by atoms with E-state index in [1.165, 1.54) is 12.1 Å². The smallest absolute Gasteiger partial charge is 0.429 e. The topological polar surface area (TPSA) is 9.23 Å². The largest absolute Gasteiger partial charge is 0.432 e. The quantitative estimate of drug-likeness (QED) is 0.385. The monoisotopic (exact) mass is 386 g/mol. The Labute approximate surface area is 148 Å². The molecule has 8 heteroatoms. The molecule has 0 N–H and O–H groups in total. The van der Waals surface area contributed by atoms with Crippen LogP contribution in [0, 0.1) is 29.1 Å². The summed E-state index contributed by atoms with van der Waals surface area (Å²) < 4.78 is 100. The molecule has 3 rings (SSSR count). The minimum Gasteiger partial charge on any atom is -0.429 e. The standard InChI is InChI=1S/C19H9F7O/c20-13-6-11(10-4-2-1-3-5-10)7-14(21)17(13)19(25,26)27-12-8-15(22)18(24)16(23)9-12/h1-9H. The highest BCUT2D eigenvalue weighted by molar-refractivity contribution is 5.64. The van der Waals surface area contributed by atoms with Crippen molar-refractivity contribution >= 4 is 0 Å². The van der Waals surface area contributed by atoms with Crippen LogP contribution in [0.4, 0.5) is 30.7 Å². The molecule has 1 nitrogen and oxygen atoms in total. The number of benzene rings is 3. The zero-order chi connectivity index (χ0) is 19.8. The second-order valence-corrected chi connectivity index (χ2v) is 5.50. The van der Waals surface area contributed by atoms with Gasteiger partial charge in [-0.3, -0.25) is 0 Å². The van der Waals surface area contributed by atoms with Crippen molar-refractivity contribution in [2.24, 2.45) is 0 Å². The summed E-state index contributed by atoms with van der Waals surface area (Å²) >= 11 is 0. The first-order valence-corrected chi connectivity index (χ1v) is 7.45. The Kier molecular flexibility index (Phi) is 4.82. The summed E-state index contributed by atoms with van der Waals surface area (Å²) in [5.74, 6) is -9.86. The van der Waals surface area contributed by atoms with E-state index in [-0.39, 0.29) is 17.7 Å². The summed E-state index contributed by atoms with van der Waals surface area (Å²) in [6.45, 7) is 0. The molecular formula is C19H9F7O. The third kappa shape index (κ3) is 3.74. The SMILES string of the molecule is Fc1cc(OC(F)(F)c2c(F)cc(-c3ccccc3)cc2F)cc(F)c1F. The number of hydrogen-bond donors (Lipinski definition) is 0. The lowest BCUT2D eigenvalue weighted by Gasteiger charge is -2.20. The second kappa shape index (κ2) is 6.94. The molecule has 140 valence electrons. The Balaban J connectivity index is 1.99. The summed E-state index contributed by atoms with van der Waals surface area (Å²) in [4.78, 5) is 0. The highest BCUT2D eigenvalue weighted by Gasteiger charge is 2.41. The Morgan fingerprint density at radius 2 is 1.15 bits per heavy atom. The van der Waals surface area contributed by atoms with Gasteiger partial charge in [-0.05, 0) is 23.3 Å². The van der Waals surface area contributed by atoms with Crippen LogP contribution in [0.2, 0.25) is 0 Å². The summed E-state index contributed by atoms with van der Waals surface area (Å²) in [6.07, 6.45) is -4.61. The van der Waals surface area contributed by atoms with Gasteiger partial charge in [0.15, 0.2) is 17.5 Å². The molecule has 0 aliphatic heterocycles. The molecule has 27 heavy (non-hydrogen) atoms. The highest BCUT2D eigenvalue weighted by Crippen LogP contribution is 2.37. The van der Waals surface area contributed by atoms with Crippen molar-refractivity contribution in [3.8, 4) is 16.9 Å². The van der Waals surface area contributed by atoms with E-state index < -0.39 is 46.5 Å². The van der Waals surface area contributed by atoms with Gasteiger partial charge in [0.05, 0.1) is 0 Å². The van der Waals surface area contributed by atoms with Crippen molar-refractivity contribution in [2.75, 3.05) is 0 Å². The lowest BCUT2D eigenvalue weighted by Crippen LogP contribution is -2.25. The van der Waals surface area contributed by atoms with Gasteiger partial charge in [-0.25, -0.2) is 22.0 Å². The number of alkyl halides is 2. The average molecular weight is 386 g/mol. The number of rotatable bonds is 4. The Bertz CT molecular complexity index is 941. The van der Waals surface area contributed by atoms with Gasteiger partial charge in [0.1, 0.15) is 22.9 Å². The maximum absolute atomic E-state index is 14.2. The van der Waals surface area contributed by atoms with Crippen LogP contribution in [-0.4, -0.2) is 0 Å². The Morgan fingerprint density at radius 3 is 1.67 bits per heavy atom. The lowest BCUT2D eigenvalue weighted by atomic mass is 10.0. The molecule has 0 aromatic heterocycles. The summed E-state index contributed by atoms with van der Waals surface area (Å²) in [7, 11) is 0. The van der Waals surface area contributed by atoms with Crippen LogP contribution in [0.15, 0.2) is 54.6 Å². The van der Waals surface area contributed by atoms with Gasteiger partial charge in [-0.1, -0.05) is 30.3 Å². The fourth-order valence-electron chi connectivity index (χ4n) is 2.44. The van der Waals surface area contributed by atoms with Crippen LogP contribution >= 0.6 is 0 Å². The van der Waals surface area contributed by atoms with Crippen molar-refractivity contribution in [1.82, 2.24) is 0 Å². The Morgan fingerprint density at radius 1 is 0.630 bits per heavy atom. The third-order valence-corrected chi connectivity index (χ3v) is 3.64. The zero-order valence-electron chi connectivity index (χ0n) is 13.3. The fraction of sp³-hybridized carbons (Fsp3) is 0.0526. The van der Waals surface area contributed by atoms with Gasteiger partial charge >= 0.3 is 6.11 Å². The molecule has 0 aliphatic carbocycles. The van der Waals surface area contributed by atoms with E-state index in [1.807, 2.05) is 0 Å². The predicted octanol–water partition coefficient (Wildman–Crippen LogP) is 6.18. The van der Waals surface area contributed by atoms with Gasteiger partial charge < -0.3 is 4.74 Å². The number of halogens is 7. The van der Waals surface area contributed by atoms with E-state index >= 15 is 0 Å². The lowest BCUT2D eigenvalue weighted by molar-refractivity contribution is -0.189. The van der Waals surface area contributed by atoms with E-state index in [2.05, 4.69) is 4.74 Å². The number of hydrogen-bond acceptors (Lipinski definition) is 1. The summed E-state index contributed by atoms with van der Waals surface area (Å²) in [5, 5.41) is 0. The minimum absolute atomic E-state index is 0.00372. The van der Waals surface area contributed by atoms with Crippen molar-refractivity contribution in [3.05, 3.63) is 89.2 Å². The first kappa shape index (κ1) is 18.8. The van der Waals surface area contributed by atoms with Crippen molar-refractivity contribution in [1.29, 1.82) is 0 Å². The first-order valence-electron chi connectivity index (χ1n) is 7.45. The maximum atomic E-state index is 14.2. The van der Waals surface area contributed by atoms with Gasteiger partial charge in [0.2, 0.25) is 0 Å². The molecule has 0 bridgehead atoms. The summed E-state index contributed by atoms with van der Waals surface area (Å²) in [6, 6.07) is 9.52. The van der Waals surface area contributed by atoms with Crippen molar-refractivity contribution in [2.45, 2.75) is 6.11 Å². The highest BCUT2D eigenvalue weighted by atomic mass is 19.3. The molecule has 0 saturated carbocycles. The molecule has 0 aliphatic rings. The molecule has 0 heterocycles. The van der Waals surface area contributed by atoms with E-state index in [4.69, 9.17) is 0 Å². The molecule has 3 aromatic rings. The van der Waals surface area contributed by atoms with Crippen LogP contribution in [-0.2, 0) is 6.11 Å². The van der Waals surface area contributed by atoms with E-state index in [9.17, 15) is 30.7 Å².